The molecular weight excluding hydrogens is 274 g/mol. The van der Waals surface area contributed by atoms with E-state index in [0.717, 1.165) is 48.6 Å². The van der Waals surface area contributed by atoms with Gasteiger partial charge in [-0.05, 0) is 31.6 Å². The summed E-state index contributed by atoms with van der Waals surface area (Å²) in [7, 11) is 0. The molecule has 1 aliphatic carbocycles. The van der Waals surface area contributed by atoms with Gasteiger partial charge in [-0.15, -0.1) is 0 Å². The second-order valence-corrected chi connectivity index (χ2v) is 5.63. The third kappa shape index (κ3) is 4.14. The van der Waals surface area contributed by atoms with Crippen molar-refractivity contribution in [2.75, 3.05) is 0 Å². The van der Waals surface area contributed by atoms with Crippen LogP contribution in [0.25, 0.3) is 0 Å². The normalized spacial score (nSPS) is 21.8. The van der Waals surface area contributed by atoms with Crippen LogP contribution in [0.2, 0.25) is 0 Å². The van der Waals surface area contributed by atoms with E-state index in [-0.39, 0.29) is 24.2 Å². The van der Waals surface area contributed by atoms with Gasteiger partial charge in [-0.25, -0.2) is 0 Å². The lowest BCUT2D eigenvalue weighted by molar-refractivity contribution is -0.385. The SMILES string of the molecule is CC1CCC(NC(=O)Cn2cc([N+](=O)[O-])ccc2=O)CC1. The minimum absolute atomic E-state index is 0.142. The Morgan fingerprint density at radius 1 is 1.38 bits per heavy atom. The van der Waals surface area contributed by atoms with E-state index in [1.807, 2.05) is 0 Å². The Morgan fingerprint density at radius 2 is 2.05 bits per heavy atom. The lowest BCUT2D eigenvalue weighted by Gasteiger charge is -2.26. The van der Waals surface area contributed by atoms with Crippen LogP contribution in [-0.4, -0.2) is 21.4 Å². The fourth-order valence-corrected chi connectivity index (χ4v) is 2.58. The van der Waals surface area contributed by atoms with E-state index >= 15 is 0 Å². The zero-order valence-electron chi connectivity index (χ0n) is 11.9. The second kappa shape index (κ2) is 6.51. The summed E-state index contributed by atoms with van der Waals surface area (Å²) in [6, 6.07) is 2.38. The van der Waals surface area contributed by atoms with Crippen LogP contribution in [0.4, 0.5) is 5.69 Å². The molecule has 7 nitrogen and oxygen atoms in total. The smallest absolute Gasteiger partial charge is 0.285 e. The molecule has 0 unspecified atom stereocenters. The Morgan fingerprint density at radius 3 is 2.67 bits per heavy atom. The minimum Gasteiger partial charge on any atom is -0.352 e. The van der Waals surface area contributed by atoms with Gasteiger partial charge in [0.15, 0.2) is 0 Å². The Labute approximate surface area is 122 Å². The van der Waals surface area contributed by atoms with Gasteiger partial charge in [0.2, 0.25) is 5.91 Å². The maximum Gasteiger partial charge on any atom is 0.285 e. The van der Waals surface area contributed by atoms with Crippen LogP contribution < -0.4 is 10.9 Å². The molecule has 1 heterocycles. The number of aromatic nitrogens is 1. The van der Waals surface area contributed by atoms with Gasteiger partial charge in [0.1, 0.15) is 6.54 Å². The molecule has 1 N–H and O–H groups in total. The fourth-order valence-electron chi connectivity index (χ4n) is 2.58. The minimum atomic E-state index is -0.587. The topological polar surface area (TPSA) is 94.2 Å². The molecule has 21 heavy (non-hydrogen) atoms. The van der Waals surface area contributed by atoms with E-state index in [2.05, 4.69) is 12.2 Å². The highest BCUT2D eigenvalue weighted by Crippen LogP contribution is 2.23. The molecule has 0 radical (unpaired) electrons. The van der Waals surface area contributed by atoms with Gasteiger partial charge in [0, 0.05) is 18.2 Å². The first-order valence-corrected chi connectivity index (χ1v) is 7.10. The van der Waals surface area contributed by atoms with E-state index < -0.39 is 10.5 Å². The number of pyridine rings is 1. The van der Waals surface area contributed by atoms with Crippen LogP contribution in [0.3, 0.4) is 0 Å². The second-order valence-electron chi connectivity index (χ2n) is 5.63. The average Bonchev–Trinajstić information content (AvgIpc) is 2.43. The summed E-state index contributed by atoms with van der Waals surface area (Å²) >= 11 is 0. The van der Waals surface area contributed by atoms with E-state index in [9.17, 15) is 19.7 Å². The zero-order chi connectivity index (χ0) is 15.4. The van der Waals surface area contributed by atoms with Gasteiger partial charge in [0.05, 0.1) is 11.1 Å². The average molecular weight is 293 g/mol. The Hall–Kier alpha value is -2.18. The first kappa shape index (κ1) is 15.2. The third-order valence-electron chi connectivity index (χ3n) is 3.87. The van der Waals surface area contributed by atoms with Crippen LogP contribution >= 0.6 is 0 Å². The highest BCUT2D eigenvalue weighted by Gasteiger charge is 2.20. The number of carbonyl (C=O) groups is 1. The summed E-state index contributed by atoms with van der Waals surface area (Å²) < 4.78 is 1.07. The van der Waals surface area contributed by atoms with Crippen molar-refractivity contribution in [1.29, 1.82) is 0 Å². The number of rotatable bonds is 4. The van der Waals surface area contributed by atoms with Gasteiger partial charge in [-0.2, -0.15) is 0 Å². The number of hydrogen-bond acceptors (Lipinski definition) is 4. The third-order valence-corrected chi connectivity index (χ3v) is 3.87. The zero-order valence-corrected chi connectivity index (χ0v) is 11.9. The van der Waals surface area contributed by atoms with Crippen molar-refractivity contribution in [3.63, 3.8) is 0 Å². The number of nitrogens with zero attached hydrogens (tertiary/aromatic N) is 2. The number of nitro groups is 1. The molecule has 7 heteroatoms. The van der Waals surface area contributed by atoms with Crippen LogP contribution in [0, 0.1) is 16.0 Å². The predicted octanol–water partition coefficient (Wildman–Crippen LogP) is 1.45. The molecule has 114 valence electrons. The van der Waals surface area contributed by atoms with Gasteiger partial charge in [0.25, 0.3) is 11.2 Å². The molecule has 0 spiro atoms. The van der Waals surface area contributed by atoms with Gasteiger partial charge in [-0.1, -0.05) is 6.92 Å². The van der Waals surface area contributed by atoms with Crippen molar-refractivity contribution < 1.29 is 9.72 Å². The highest BCUT2D eigenvalue weighted by molar-refractivity contribution is 5.76. The van der Waals surface area contributed by atoms with Crippen molar-refractivity contribution in [3.05, 3.63) is 38.8 Å². The fraction of sp³-hybridized carbons (Fsp3) is 0.571. The molecular formula is C14H19N3O4. The Kier molecular flexibility index (Phi) is 4.72. The standard InChI is InChI=1S/C14H19N3O4/c1-10-2-4-11(5-3-10)15-13(18)9-16-8-12(17(20)21)6-7-14(16)19/h6-8,10-11H,2-5,9H2,1H3,(H,15,18). The molecule has 0 bridgehead atoms. The maximum absolute atomic E-state index is 12.0. The Bertz CT molecular complexity index is 588. The number of hydrogen-bond donors (Lipinski definition) is 1. The highest BCUT2D eigenvalue weighted by atomic mass is 16.6. The lowest BCUT2D eigenvalue weighted by Crippen LogP contribution is -2.40. The van der Waals surface area contributed by atoms with E-state index in [1.165, 1.54) is 0 Å². The van der Waals surface area contributed by atoms with Crippen LogP contribution in [0.1, 0.15) is 32.6 Å². The monoisotopic (exact) mass is 293 g/mol. The lowest BCUT2D eigenvalue weighted by atomic mass is 9.87. The summed E-state index contributed by atoms with van der Waals surface area (Å²) in [6.45, 7) is 2.01. The molecule has 0 aromatic carbocycles. The molecule has 0 saturated heterocycles. The summed E-state index contributed by atoms with van der Waals surface area (Å²) in [5.74, 6) is 0.412. The molecule has 1 saturated carbocycles. The summed E-state index contributed by atoms with van der Waals surface area (Å²) in [6.07, 6.45) is 5.15. The summed E-state index contributed by atoms with van der Waals surface area (Å²) in [5, 5.41) is 13.6. The molecule has 1 aliphatic rings. The van der Waals surface area contributed by atoms with Crippen molar-refractivity contribution >= 4 is 11.6 Å². The molecule has 2 rings (SSSR count). The summed E-state index contributed by atoms with van der Waals surface area (Å²) in [5.41, 5.74) is -0.623. The van der Waals surface area contributed by atoms with Crippen molar-refractivity contribution in [2.24, 2.45) is 5.92 Å². The van der Waals surface area contributed by atoms with Crippen LogP contribution in [0.5, 0.6) is 0 Å². The van der Waals surface area contributed by atoms with E-state index in [0.29, 0.717) is 5.92 Å². The quantitative estimate of drug-likeness (QED) is 0.671. The van der Waals surface area contributed by atoms with Gasteiger partial charge in [-0.3, -0.25) is 24.3 Å². The molecule has 0 atom stereocenters. The van der Waals surface area contributed by atoms with E-state index in [1.54, 1.807) is 0 Å². The van der Waals surface area contributed by atoms with Crippen molar-refractivity contribution in [1.82, 2.24) is 9.88 Å². The largest absolute Gasteiger partial charge is 0.352 e. The number of nitrogens with one attached hydrogen (secondary N) is 1. The van der Waals surface area contributed by atoms with Crippen molar-refractivity contribution in [2.45, 2.75) is 45.2 Å². The predicted molar refractivity (Wildman–Crippen MR) is 76.9 cm³/mol. The first-order chi connectivity index (χ1) is 9.95. The van der Waals surface area contributed by atoms with Crippen LogP contribution in [0.15, 0.2) is 23.1 Å². The molecule has 0 aliphatic heterocycles. The molecule has 1 aromatic rings. The first-order valence-electron chi connectivity index (χ1n) is 7.10. The number of amides is 1. The number of carbonyl (C=O) groups excluding carboxylic acids is 1. The molecule has 1 amide bonds. The molecule has 1 fully saturated rings. The maximum atomic E-state index is 12.0. The van der Waals surface area contributed by atoms with Gasteiger partial charge >= 0.3 is 0 Å². The summed E-state index contributed by atoms with van der Waals surface area (Å²) in [4.78, 5) is 33.7. The molecule has 1 aromatic heterocycles. The Balaban J connectivity index is 1.98. The van der Waals surface area contributed by atoms with Crippen molar-refractivity contribution in [3.8, 4) is 0 Å². The van der Waals surface area contributed by atoms with E-state index in [4.69, 9.17) is 0 Å². The van der Waals surface area contributed by atoms with Gasteiger partial charge < -0.3 is 5.32 Å². The van der Waals surface area contributed by atoms with Crippen LogP contribution in [-0.2, 0) is 11.3 Å².